The van der Waals surface area contributed by atoms with Crippen LogP contribution >= 0.6 is 11.3 Å². The van der Waals surface area contributed by atoms with Gasteiger partial charge in [-0.15, -0.1) is 11.3 Å². The molecule has 8 heteroatoms. The predicted octanol–water partition coefficient (Wildman–Crippen LogP) is 2.41. The lowest BCUT2D eigenvalue weighted by Crippen LogP contribution is -2.52. The molecule has 4 rings (SSSR count). The van der Waals surface area contributed by atoms with Gasteiger partial charge in [-0.05, 0) is 18.6 Å². The van der Waals surface area contributed by atoms with E-state index in [-0.39, 0.29) is 6.03 Å². The molecule has 1 N–H and O–H groups in total. The number of fused-ring (bicyclic) bond motifs is 1. The van der Waals surface area contributed by atoms with Crippen LogP contribution in [0, 0.1) is 0 Å². The van der Waals surface area contributed by atoms with Crippen molar-refractivity contribution in [3.05, 3.63) is 42.2 Å². The highest BCUT2D eigenvalue weighted by Crippen LogP contribution is 2.18. The van der Waals surface area contributed by atoms with Crippen LogP contribution in [0.15, 0.2) is 42.2 Å². The van der Waals surface area contributed by atoms with E-state index in [9.17, 15) is 4.79 Å². The minimum Gasteiger partial charge on any atom is -0.345 e. The van der Waals surface area contributed by atoms with Crippen LogP contribution in [0.4, 0.5) is 9.93 Å². The van der Waals surface area contributed by atoms with Crippen LogP contribution < -0.4 is 10.2 Å². The van der Waals surface area contributed by atoms with Crippen molar-refractivity contribution in [3.63, 3.8) is 0 Å². The van der Waals surface area contributed by atoms with E-state index in [1.165, 1.54) is 0 Å². The number of thiazole rings is 1. The largest absolute Gasteiger partial charge is 0.345 e. The van der Waals surface area contributed by atoms with Gasteiger partial charge in [-0.1, -0.05) is 12.1 Å². The quantitative estimate of drug-likeness (QED) is 0.701. The predicted molar refractivity (Wildman–Crippen MR) is 104 cm³/mol. The van der Waals surface area contributed by atoms with E-state index in [0.717, 1.165) is 55.3 Å². The standard InChI is InChI=1S/C18H22N6OS/c25-17(22-9-11-23(12-10-22)18-20-7-13-26-18)19-6-3-8-24-14-21-15-4-1-2-5-16(15)24/h1-2,4-5,7,13-14H,3,6,8-12H2,(H,19,25). The Morgan fingerprint density at radius 1 is 1.15 bits per heavy atom. The van der Waals surface area contributed by atoms with Crippen LogP contribution in [0.1, 0.15) is 6.42 Å². The first-order chi connectivity index (χ1) is 12.8. The van der Waals surface area contributed by atoms with E-state index in [1.54, 1.807) is 11.3 Å². The lowest BCUT2D eigenvalue weighted by molar-refractivity contribution is 0.194. The maximum atomic E-state index is 12.3. The fourth-order valence-electron chi connectivity index (χ4n) is 3.22. The second-order valence-electron chi connectivity index (χ2n) is 6.30. The van der Waals surface area contributed by atoms with Gasteiger partial charge in [0.15, 0.2) is 5.13 Å². The van der Waals surface area contributed by atoms with Gasteiger partial charge in [0.1, 0.15) is 0 Å². The molecule has 0 aliphatic carbocycles. The Morgan fingerprint density at radius 2 is 2.00 bits per heavy atom. The number of urea groups is 1. The van der Waals surface area contributed by atoms with Crippen molar-refractivity contribution in [3.8, 4) is 0 Å². The van der Waals surface area contributed by atoms with Crippen LogP contribution in [0.2, 0.25) is 0 Å². The number of para-hydroxylation sites is 2. The number of rotatable bonds is 5. The fourth-order valence-corrected chi connectivity index (χ4v) is 3.91. The van der Waals surface area contributed by atoms with E-state index < -0.39 is 0 Å². The third-order valence-corrected chi connectivity index (χ3v) is 5.47. The number of carbonyl (C=O) groups excluding carboxylic acids is 1. The molecule has 26 heavy (non-hydrogen) atoms. The second-order valence-corrected chi connectivity index (χ2v) is 7.17. The lowest BCUT2D eigenvalue weighted by atomic mass is 10.3. The average Bonchev–Trinajstić information content (AvgIpc) is 3.35. The third kappa shape index (κ3) is 3.65. The summed E-state index contributed by atoms with van der Waals surface area (Å²) in [5.74, 6) is 0. The van der Waals surface area contributed by atoms with E-state index in [2.05, 4.69) is 30.8 Å². The van der Waals surface area contributed by atoms with Gasteiger partial charge in [-0.3, -0.25) is 0 Å². The van der Waals surface area contributed by atoms with E-state index in [1.807, 2.05) is 41.0 Å². The van der Waals surface area contributed by atoms with Crippen molar-refractivity contribution < 1.29 is 4.79 Å². The van der Waals surface area contributed by atoms with Crippen molar-refractivity contribution in [1.29, 1.82) is 0 Å². The van der Waals surface area contributed by atoms with E-state index in [0.29, 0.717) is 6.54 Å². The van der Waals surface area contributed by atoms with Gasteiger partial charge in [0.25, 0.3) is 0 Å². The molecule has 3 heterocycles. The zero-order chi connectivity index (χ0) is 17.8. The summed E-state index contributed by atoms with van der Waals surface area (Å²) in [6.07, 6.45) is 4.57. The Hall–Kier alpha value is -2.61. The summed E-state index contributed by atoms with van der Waals surface area (Å²) in [6.45, 7) is 4.65. The number of nitrogens with zero attached hydrogens (tertiary/aromatic N) is 5. The summed E-state index contributed by atoms with van der Waals surface area (Å²) >= 11 is 1.64. The van der Waals surface area contributed by atoms with Crippen LogP contribution in [0.5, 0.6) is 0 Å². The van der Waals surface area contributed by atoms with E-state index >= 15 is 0 Å². The van der Waals surface area contributed by atoms with E-state index in [4.69, 9.17) is 0 Å². The zero-order valence-corrected chi connectivity index (χ0v) is 15.4. The Labute approximate surface area is 156 Å². The zero-order valence-electron chi connectivity index (χ0n) is 14.5. The highest BCUT2D eigenvalue weighted by molar-refractivity contribution is 7.13. The van der Waals surface area contributed by atoms with Crippen LogP contribution in [-0.2, 0) is 6.54 Å². The number of imidazole rings is 1. The molecule has 1 aromatic carbocycles. The summed E-state index contributed by atoms with van der Waals surface area (Å²) in [5, 5.41) is 6.06. The van der Waals surface area contributed by atoms with Gasteiger partial charge in [0.2, 0.25) is 0 Å². The number of hydrogen-bond acceptors (Lipinski definition) is 5. The molecule has 1 saturated heterocycles. The van der Waals surface area contributed by atoms with Crippen molar-refractivity contribution in [2.75, 3.05) is 37.6 Å². The van der Waals surface area contributed by atoms with Gasteiger partial charge in [-0.25, -0.2) is 14.8 Å². The highest BCUT2D eigenvalue weighted by atomic mass is 32.1. The number of piperazine rings is 1. The van der Waals surface area contributed by atoms with Crippen molar-refractivity contribution in [2.24, 2.45) is 0 Å². The summed E-state index contributed by atoms with van der Waals surface area (Å²) < 4.78 is 2.13. The number of nitrogens with one attached hydrogen (secondary N) is 1. The number of hydrogen-bond donors (Lipinski definition) is 1. The maximum absolute atomic E-state index is 12.3. The molecular weight excluding hydrogens is 348 g/mol. The van der Waals surface area contributed by atoms with Gasteiger partial charge in [0.05, 0.1) is 17.4 Å². The number of amides is 2. The summed E-state index contributed by atoms with van der Waals surface area (Å²) in [5.41, 5.74) is 2.15. The smallest absolute Gasteiger partial charge is 0.317 e. The first-order valence-corrected chi connectivity index (χ1v) is 9.76. The first kappa shape index (κ1) is 16.8. The molecule has 1 fully saturated rings. The Balaban J connectivity index is 1.20. The molecule has 0 unspecified atom stereocenters. The average molecular weight is 370 g/mol. The molecule has 7 nitrogen and oxygen atoms in total. The lowest BCUT2D eigenvalue weighted by Gasteiger charge is -2.34. The van der Waals surface area contributed by atoms with Crippen LogP contribution in [0.3, 0.4) is 0 Å². The van der Waals surface area contributed by atoms with Crippen molar-refractivity contribution in [2.45, 2.75) is 13.0 Å². The summed E-state index contributed by atoms with van der Waals surface area (Å²) in [6, 6.07) is 8.13. The Bertz CT molecular complexity index is 854. The van der Waals surface area contributed by atoms with Crippen molar-refractivity contribution >= 4 is 33.5 Å². The Morgan fingerprint density at radius 3 is 2.81 bits per heavy atom. The van der Waals surface area contributed by atoms with Gasteiger partial charge >= 0.3 is 6.03 Å². The maximum Gasteiger partial charge on any atom is 0.317 e. The first-order valence-electron chi connectivity index (χ1n) is 8.88. The molecule has 0 radical (unpaired) electrons. The molecule has 1 aliphatic rings. The second kappa shape index (κ2) is 7.74. The number of anilines is 1. The molecule has 136 valence electrons. The van der Waals surface area contributed by atoms with Gasteiger partial charge in [-0.2, -0.15) is 0 Å². The number of benzene rings is 1. The SMILES string of the molecule is O=C(NCCCn1cnc2ccccc21)N1CCN(c2nccs2)CC1. The third-order valence-electron chi connectivity index (χ3n) is 4.64. The fraction of sp³-hybridized carbons (Fsp3) is 0.389. The number of carbonyl (C=O) groups is 1. The highest BCUT2D eigenvalue weighted by Gasteiger charge is 2.21. The van der Waals surface area contributed by atoms with Gasteiger partial charge in [0, 0.05) is 50.8 Å². The molecule has 0 bridgehead atoms. The number of aryl methyl sites for hydroxylation is 1. The van der Waals surface area contributed by atoms with Crippen molar-refractivity contribution in [1.82, 2.24) is 24.8 Å². The molecule has 0 saturated carbocycles. The minimum absolute atomic E-state index is 0.0271. The topological polar surface area (TPSA) is 66.3 Å². The monoisotopic (exact) mass is 370 g/mol. The molecule has 2 amide bonds. The normalized spacial score (nSPS) is 14.8. The van der Waals surface area contributed by atoms with Gasteiger partial charge < -0.3 is 19.7 Å². The molecule has 2 aromatic heterocycles. The summed E-state index contributed by atoms with van der Waals surface area (Å²) in [7, 11) is 0. The molecular formula is C18H22N6OS. The molecule has 3 aromatic rings. The molecule has 0 atom stereocenters. The molecule has 0 spiro atoms. The van der Waals surface area contributed by atoms with Crippen LogP contribution in [-0.4, -0.2) is 58.2 Å². The minimum atomic E-state index is 0.0271. The van der Waals surface area contributed by atoms with Crippen LogP contribution in [0.25, 0.3) is 11.0 Å². The summed E-state index contributed by atoms with van der Waals surface area (Å²) in [4.78, 5) is 25.2. The number of aromatic nitrogens is 3. The molecule has 1 aliphatic heterocycles. The Kier molecular flexibility index (Phi) is 5.01.